The molecule has 0 aromatic heterocycles. The maximum atomic E-state index is 5.93. The van der Waals surface area contributed by atoms with Crippen LogP contribution in [0.25, 0.3) is 0 Å². The van der Waals surface area contributed by atoms with Crippen LogP contribution in [0.3, 0.4) is 0 Å². The Hall–Kier alpha value is -3.85. The Morgan fingerprint density at radius 3 is 1.86 bits per heavy atom. The molecular formula is C26H22N2O. The van der Waals surface area contributed by atoms with Crippen LogP contribution in [0.5, 0.6) is 5.75 Å². The van der Waals surface area contributed by atoms with Gasteiger partial charge in [-0.05, 0) is 47.5 Å². The van der Waals surface area contributed by atoms with E-state index in [0.717, 1.165) is 28.3 Å². The van der Waals surface area contributed by atoms with E-state index in [2.05, 4.69) is 12.1 Å². The molecule has 0 aliphatic heterocycles. The van der Waals surface area contributed by atoms with Crippen LogP contribution in [0.1, 0.15) is 11.1 Å². The predicted octanol–water partition coefficient (Wildman–Crippen LogP) is 6.44. The van der Waals surface area contributed by atoms with Crippen LogP contribution in [0.15, 0.2) is 120 Å². The van der Waals surface area contributed by atoms with Gasteiger partial charge in [0.2, 0.25) is 0 Å². The molecule has 0 N–H and O–H groups in total. The molecule has 0 fully saturated rings. The summed E-state index contributed by atoms with van der Waals surface area (Å²) in [4.78, 5) is 0. The van der Waals surface area contributed by atoms with Crippen molar-refractivity contribution in [3.8, 4) is 5.75 Å². The molecule has 0 saturated carbocycles. The number of benzene rings is 4. The fourth-order valence-corrected chi connectivity index (χ4v) is 2.97. The molecule has 0 saturated heterocycles. The number of rotatable bonds is 7. The van der Waals surface area contributed by atoms with E-state index in [4.69, 9.17) is 9.84 Å². The molecular weight excluding hydrogens is 356 g/mol. The second kappa shape index (κ2) is 9.38. The molecule has 0 aliphatic rings. The van der Waals surface area contributed by atoms with Crippen LogP contribution in [0.4, 0.5) is 11.4 Å². The molecule has 142 valence electrons. The van der Waals surface area contributed by atoms with E-state index in [1.165, 1.54) is 0 Å². The summed E-state index contributed by atoms with van der Waals surface area (Å²) in [7, 11) is 0. The van der Waals surface area contributed by atoms with Crippen LogP contribution in [-0.2, 0) is 6.61 Å². The average molecular weight is 378 g/mol. The van der Waals surface area contributed by atoms with Crippen molar-refractivity contribution in [1.82, 2.24) is 0 Å². The zero-order chi connectivity index (χ0) is 19.7. The first-order valence-electron chi connectivity index (χ1n) is 9.59. The van der Waals surface area contributed by atoms with E-state index < -0.39 is 0 Å². The third kappa shape index (κ3) is 5.11. The second-order valence-corrected chi connectivity index (χ2v) is 6.57. The van der Waals surface area contributed by atoms with E-state index in [-0.39, 0.29) is 0 Å². The Morgan fingerprint density at radius 2 is 1.24 bits per heavy atom. The third-order valence-corrected chi connectivity index (χ3v) is 4.43. The van der Waals surface area contributed by atoms with Crippen LogP contribution in [-0.4, -0.2) is 6.21 Å². The van der Waals surface area contributed by atoms with Gasteiger partial charge in [0.15, 0.2) is 0 Å². The Balaban J connectivity index is 1.53. The van der Waals surface area contributed by atoms with Gasteiger partial charge in [0.1, 0.15) is 12.4 Å². The Kier molecular flexibility index (Phi) is 5.99. The molecule has 4 aromatic carbocycles. The zero-order valence-electron chi connectivity index (χ0n) is 16.1. The number of hydrogen-bond acceptors (Lipinski definition) is 3. The van der Waals surface area contributed by atoms with Gasteiger partial charge in [-0.2, -0.15) is 5.10 Å². The highest BCUT2D eigenvalue weighted by Crippen LogP contribution is 2.25. The molecule has 4 rings (SSSR count). The highest BCUT2D eigenvalue weighted by atomic mass is 16.5. The van der Waals surface area contributed by atoms with Gasteiger partial charge in [0.25, 0.3) is 0 Å². The molecule has 3 heteroatoms. The summed E-state index contributed by atoms with van der Waals surface area (Å²) < 4.78 is 5.93. The first-order valence-corrected chi connectivity index (χ1v) is 9.59. The quantitative estimate of drug-likeness (QED) is 0.273. The molecule has 0 unspecified atom stereocenters. The van der Waals surface area contributed by atoms with Gasteiger partial charge in [-0.1, -0.05) is 78.9 Å². The minimum absolute atomic E-state index is 0.543. The van der Waals surface area contributed by atoms with Crippen molar-refractivity contribution in [1.29, 1.82) is 0 Å². The van der Waals surface area contributed by atoms with Crippen LogP contribution in [0.2, 0.25) is 0 Å². The number of hydrazone groups is 1. The molecule has 29 heavy (non-hydrogen) atoms. The van der Waals surface area contributed by atoms with Crippen molar-refractivity contribution in [3.63, 3.8) is 0 Å². The van der Waals surface area contributed by atoms with Crippen LogP contribution >= 0.6 is 0 Å². The van der Waals surface area contributed by atoms with Crippen molar-refractivity contribution in [2.75, 3.05) is 5.01 Å². The average Bonchev–Trinajstić information content (AvgIpc) is 2.80. The zero-order valence-corrected chi connectivity index (χ0v) is 16.1. The molecule has 0 heterocycles. The highest BCUT2D eigenvalue weighted by molar-refractivity contribution is 5.82. The monoisotopic (exact) mass is 378 g/mol. The highest BCUT2D eigenvalue weighted by Gasteiger charge is 2.06. The Morgan fingerprint density at radius 1 is 0.655 bits per heavy atom. The first-order chi connectivity index (χ1) is 14.4. The largest absolute Gasteiger partial charge is 0.489 e. The van der Waals surface area contributed by atoms with Gasteiger partial charge in [-0.25, -0.2) is 5.01 Å². The summed E-state index contributed by atoms with van der Waals surface area (Å²) in [5, 5.41) is 6.67. The van der Waals surface area contributed by atoms with E-state index >= 15 is 0 Å². The van der Waals surface area contributed by atoms with Gasteiger partial charge in [0.05, 0.1) is 17.6 Å². The standard InChI is InChI=1S/C26H22N2O/c1-4-11-22(12-5-1)21-29-26-18-10-13-23(19-26)20-27-28(24-14-6-2-7-15-24)25-16-8-3-9-17-25/h1-20H,21H2/b27-20-. The van der Waals surface area contributed by atoms with Crippen LogP contribution in [0, 0.1) is 0 Å². The van der Waals surface area contributed by atoms with Crippen molar-refractivity contribution in [2.24, 2.45) is 5.10 Å². The lowest BCUT2D eigenvalue weighted by Gasteiger charge is -2.19. The van der Waals surface area contributed by atoms with Gasteiger partial charge in [-0.15, -0.1) is 0 Å². The fraction of sp³-hybridized carbons (Fsp3) is 0.0385. The summed E-state index contributed by atoms with van der Waals surface area (Å²) in [6, 6.07) is 38.4. The molecule has 0 spiro atoms. The molecule has 0 bridgehead atoms. The summed E-state index contributed by atoms with van der Waals surface area (Å²) in [5.41, 5.74) is 4.14. The Bertz CT molecular complexity index is 1010. The molecule has 0 atom stereocenters. The van der Waals surface area contributed by atoms with E-state index in [1.807, 2.05) is 114 Å². The van der Waals surface area contributed by atoms with Gasteiger partial charge < -0.3 is 4.74 Å². The number of para-hydroxylation sites is 2. The van der Waals surface area contributed by atoms with E-state index in [1.54, 1.807) is 0 Å². The van der Waals surface area contributed by atoms with Crippen molar-refractivity contribution in [2.45, 2.75) is 6.61 Å². The number of anilines is 2. The summed E-state index contributed by atoms with van der Waals surface area (Å²) >= 11 is 0. The lowest BCUT2D eigenvalue weighted by molar-refractivity contribution is 0.306. The summed E-state index contributed by atoms with van der Waals surface area (Å²) in [5.74, 6) is 0.823. The van der Waals surface area contributed by atoms with Crippen LogP contribution < -0.4 is 9.75 Å². The number of hydrogen-bond donors (Lipinski definition) is 0. The predicted molar refractivity (Wildman–Crippen MR) is 120 cm³/mol. The first kappa shape index (κ1) is 18.5. The summed E-state index contributed by atoms with van der Waals surface area (Å²) in [6.07, 6.45) is 1.86. The smallest absolute Gasteiger partial charge is 0.120 e. The number of nitrogens with zero attached hydrogens (tertiary/aromatic N) is 2. The maximum absolute atomic E-state index is 5.93. The third-order valence-electron chi connectivity index (χ3n) is 4.43. The minimum Gasteiger partial charge on any atom is -0.489 e. The summed E-state index contributed by atoms with van der Waals surface area (Å²) in [6.45, 7) is 0.543. The topological polar surface area (TPSA) is 24.8 Å². The molecule has 0 amide bonds. The van der Waals surface area contributed by atoms with E-state index in [9.17, 15) is 0 Å². The normalized spacial score (nSPS) is 10.8. The van der Waals surface area contributed by atoms with Crippen molar-refractivity contribution in [3.05, 3.63) is 126 Å². The second-order valence-electron chi connectivity index (χ2n) is 6.57. The minimum atomic E-state index is 0.543. The fourth-order valence-electron chi connectivity index (χ4n) is 2.97. The van der Waals surface area contributed by atoms with Crippen molar-refractivity contribution < 1.29 is 4.74 Å². The molecule has 0 radical (unpaired) electrons. The SMILES string of the molecule is C(=N/N(c1ccccc1)c1ccccc1)/c1cccc(OCc2ccccc2)c1. The molecule has 3 nitrogen and oxygen atoms in total. The van der Waals surface area contributed by atoms with Gasteiger partial charge in [-0.3, -0.25) is 0 Å². The van der Waals surface area contributed by atoms with E-state index in [0.29, 0.717) is 6.61 Å². The van der Waals surface area contributed by atoms with Crippen molar-refractivity contribution >= 4 is 17.6 Å². The van der Waals surface area contributed by atoms with Gasteiger partial charge >= 0.3 is 0 Å². The Labute approximate surface area is 171 Å². The maximum Gasteiger partial charge on any atom is 0.120 e. The van der Waals surface area contributed by atoms with Gasteiger partial charge in [0, 0.05) is 0 Å². The lowest BCUT2D eigenvalue weighted by atomic mass is 10.2. The molecule has 4 aromatic rings. The molecule has 0 aliphatic carbocycles. The lowest BCUT2D eigenvalue weighted by Crippen LogP contribution is -2.09. The number of ether oxygens (including phenoxy) is 1.